The molecule has 1 aliphatic carbocycles. The minimum atomic E-state index is -0.441. The van der Waals surface area contributed by atoms with Crippen LogP contribution in [-0.4, -0.2) is 22.1 Å². The van der Waals surface area contributed by atoms with Crippen LogP contribution in [0.4, 0.5) is 5.69 Å². The molecule has 3 rings (SSSR count). The number of nitrogens with zero attached hydrogens (tertiary/aromatic N) is 2. The van der Waals surface area contributed by atoms with E-state index in [1.54, 1.807) is 18.2 Å². The van der Waals surface area contributed by atoms with Gasteiger partial charge in [0.1, 0.15) is 12.3 Å². The van der Waals surface area contributed by atoms with Gasteiger partial charge in [-0.15, -0.1) is 0 Å². The summed E-state index contributed by atoms with van der Waals surface area (Å²) in [6.07, 6.45) is 9.40. The van der Waals surface area contributed by atoms with Crippen molar-refractivity contribution in [2.75, 3.05) is 11.9 Å². The molecule has 1 heterocycles. The Bertz CT molecular complexity index is 749. The van der Waals surface area contributed by atoms with Crippen molar-refractivity contribution in [3.05, 3.63) is 53.2 Å². The lowest BCUT2D eigenvalue weighted by molar-refractivity contribution is -0.116. The molecule has 1 aromatic carbocycles. The zero-order valence-electron chi connectivity index (χ0n) is 14.2. The normalized spacial score (nSPS) is 14.9. The molecule has 6 heteroatoms. The molecule has 1 aliphatic rings. The Morgan fingerprint density at radius 1 is 1.20 bits per heavy atom. The topological polar surface area (TPSA) is 73.2 Å². The highest BCUT2D eigenvalue weighted by Gasteiger charge is 2.14. The molecule has 1 N–H and O–H groups in total. The second-order valence-corrected chi connectivity index (χ2v) is 6.42. The van der Waals surface area contributed by atoms with Crippen molar-refractivity contribution in [3.63, 3.8) is 0 Å². The molecule has 1 amide bonds. The van der Waals surface area contributed by atoms with E-state index >= 15 is 0 Å². The fourth-order valence-electron chi connectivity index (χ4n) is 3.07. The highest BCUT2D eigenvalue weighted by atomic mass is 16.5. The number of carbonyl (C=O) groups excluding carboxylic acids is 1. The van der Waals surface area contributed by atoms with Gasteiger partial charge in [-0.3, -0.25) is 9.36 Å². The summed E-state index contributed by atoms with van der Waals surface area (Å²) in [5.74, 6) is 1.20. The highest BCUT2D eigenvalue weighted by molar-refractivity contribution is 5.90. The minimum Gasteiger partial charge on any atom is -0.493 e. The lowest BCUT2D eigenvalue weighted by atomic mass is 9.90. The van der Waals surface area contributed by atoms with Gasteiger partial charge in [0.05, 0.1) is 6.61 Å². The van der Waals surface area contributed by atoms with Crippen LogP contribution in [0.1, 0.15) is 32.1 Å². The highest BCUT2D eigenvalue weighted by Crippen LogP contribution is 2.25. The van der Waals surface area contributed by atoms with E-state index in [1.807, 2.05) is 12.1 Å². The molecule has 2 aromatic rings. The predicted octanol–water partition coefficient (Wildman–Crippen LogP) is 2.84. The Kier molecular flexibility index (Phi) is 5.82. The standard InChI is InChI=1S/C19H23N3O3/c23-18(13-22-12-4-11-20-19(22)24)21-16-7-9-17(10-8-16)25-14-15-5-2-1-3-6-15/h4,7-12,15H,1-3,5-6,13-14H2,(H,21,23). The molecule has 1 aromatic heterocycles. The van der Waals surface area contributed by atoms with E-state index in [4.69, 9.17) is 4.74 Å². The van der Waals surface area contributed by atoms with Gasteiger partial charge in [0, 0.05) is 18.1 Å². The summed E-state index contributed by atoms with van der Waals surface area (Å²) in [5, 5.41) is 2.77. The molecule has 0 bridgehead atoms. The molecule has 6 nitrogen and oxygen atoms in total. The maximum absolute atomic E-state index is 12.0. The number of rotatable bonds is 6. The number of ether oxygens (including phenoxy) is 1. The zero-order valence-corrected chi connectivity index (χ0v) is 14.2. The van der Waals surface area contributed by atoms with Gasteiger partial charge in [0.15, 0.2) is 0 Å². The van der Waals surface area contributed by atoms with E-state index < -0.39 is 5.69 Å². The molecule has 132 valence electrons. The fraction of sp³-hybridized carbons (Fsp3) is 0.421. The van der Waals surface area contributed by atoms with E-state index in [9.17, 15) is 9.59 Å². The quantitative estimate of drug-likeness (QED) is 0.877. The third-order valence-electron chi connectivity index (χ3n) is 4.45. The van der Waals surface area contributed by atoms with E-state index in [0.29, 0.717) is 11.6 Å². The summed E-state index contributed by atoms with van der Waals surface area (Å²) in [4.78, 5) is 27.2. The van der Waals surface area contributed by atoms with Crippen LogP contribution in [0.25, 0.3) is 0 Å². The number of carbonyl (C=O) groups is 1. The summed E-state index contributed by atoms with van der Waals surface area (Å²) in [6, 6.07) is 8.94. The molecule has 0 atom stereocenters. The average molecular weight is 341 g/mol. The summed E-state index contributed by atoms with van der Waals surface area (Å²) in [6.45, 7) is 0.697. The van der Waals surface area contributed by atoms with Gasteiger partial charge < -0.3 is 10.1 Å². The Balaban J connectivity index is 1.49. The Labute approximate surface area is 146 Å². The smallest absolute Gasteiger partial charge is 0.347 e. The number of amides is 1. The predicted molar refractivity (Wildman–Crippen MR) is 95.6 cm³/mol. The lowest BCUT2D eigenvalue weighted by Gasteiger charge is -2.21. The molecule has 1 saturated carbocycles. The van der Waals surface area contributed by atoms with Gasteiger partial charge in [0.2, 0.25) is 5.91 Å². The van der Waals surface area contributed by atoms with Crippen LogP contribution in [0.15, 0.2) is 47.5 Å². The maximum atomic E-state index is 12.0. The van der Waals surface area contributed by atoms with Crippen molar-refractivity contribution in [2.24, 2.45) is 5.92 Å². The van der Waals surface area contributed by atoms with Crippen LogP contribution in [0.3, 0.4) is 0 Å². The first-order chi connectivity index (χ1) is 12.2. The van der Waals surface area contributed by atoms with Crippen molar-refractivity contribution in [3.8, 4) is 5.75 Å². The third kappa shape index (κ3) is 5.17. The monoisotopic (exact) mass is 341 g/mol. The van der Waals surface area contributed by atoms with E-state index in [1.165, 1.54) is 49.1 Å². The van der Waals surface area contributed by atoms with Crippen LogP contribution in [-0.2, 0) is 11.3 Å². The lowest BCUT2D eigenvalue weighted by Crippen LogP contribution is -2.28. The molecule has 0 radical (unpaired) electrons. The van der Waals surface area contributed by atoms with Crippen LogP contribution in [0.2, 0.25) is 0 Å². The average Bonchev–Trinajstić information content (AvgIpc) is 2.64. The molecule has 1 fully saturated rings. The van der Waals surface area contributed by atoms with Crippen molar-refractivity contribution in [2.45, 2.75) is 38.6 Å². The van der Waals surface area contributed by atoms with E-state index in [0.717, 1.165) is 12.4 Å². The van der Waals surface area contributed by atoms with Gasteiger partial charge in [0.25, 0.3) is 0 Å². The maximum Gasteiger partial charge on any atom is 0.347 e. The Morgan fingerprint density at radius 3 is 2.68 bits per heavy atom. The summed E-state index contributed by atoms with van der Waals surface area (Å²) >= 11 is 0. The van der Waals surface area contributed by atoms with Crippen LogP contribution in [0.5, 0.6) is 5.75 Å². The van der Waals surface area contributed by atoms with E-state index in [2.05, 4.69) is 10.3 Å². The molecular formula is C19H23N3O3. The summed E-state index contributed by atoms with van der Waals surface area (Å²) in [7, 11) is 0. The molecule has 0 unspecified atom stereocenters. The largest absolute Gasteiger partial charge is 0.493 e. The number of anilines is 1. The van der Waals surface area contributed by atoms with Crippen LogP contribution >= 0.6 is 0 Å². The minimum absolute atomic E-state index is 0.0629. The second kappa shape index (κ2) is 8.46. The van der Waals surface area contributed by atoms with Crippen molar-refractivity contribution in [1.82, 2.24) is 9.55 Å². The van der Waals surface area contributed by atoms with Crippen LogP contribution < -0.4 is 15.7 Å². The molecule has 0 saturated heterocycles. The number of aromatic nitrogens is 2. The van der Waals surface area contributed by atoms with E-state index in [-0.39, 0.29) is 12.5 Å². The van der Waals surface area contributed by atoms with Gasteiger partial charge in [-0.1, -0.05) is 19.3 Å². The van der Waals surface area contributed by atoms with Gasteiger partial charge in [-0.25, -0.2) is 9.78 Å². The first kappa shape index (κ1) is 17.2. The Morgan fingerprint density at radius 2 is 1.96 bits per heavy atom. The summed E-state index contributed by atoms with van der Waals surface area (Å²) in [5.41, 5.74) is 0.232. The molecule has 25 heavy (non-hydrogen) atoms. The second-order valence-electron chi connectivity index (χ2n) is 6.42. The van der Waals surface area contributed by atoms with Crippen molar-refractivity contribution < 1.29 is 9.53 Å². The SMILES string of the molecule is O=C(Cn1cccnc1=O)Nc1ccc(OCC2CCCCC2)cc1. The zero-order chi connectivity index (χ0) is 17.5. The number of benzene rings is 1. The first-order valence-electron chi connectivity index (χ1n) is 8.75. The number of hydrogen-bond acceptors (Lipinski definition) is 4. The molecule has 0 spiro atoms. The van der Waals surface area contributed by atoms with Crippen LogP contribution in [0, 0.1) is 5.92 Å². The third-order valence-corrected chi connectivity index (χ3v) is 4.45. The fourth-order valence-corrected chi connectivity index (χ4v) is 3.07. The Hall–Kier alpha value is -2.63. The summed E-state index contributed by atoms with van der Waals surface area (Å²) < 4.78 is 7.11. The molecular weight excluding hydrogens is 318 g/mol. The first-order valence-corrected chi connectivity index (χ1v) is 8.75. The van der Waals surface area contributed by atoms with Gasteiger partial charge in [-0.2, -0.15) is 0 Å². The molecule has 0 aliphatic heterocycles. The van der Waals surface area contributed by atoms with Gasteiger partial charge >= 0.3 is 5.69 Å². The number of nitrogens with one attached hydrogen (secondary N) is 1. The number of hydrogen-bond donors (Lipinski definition) is 1. The van der Waals surface area contributed by atoms with Crippen molar-refractivity contribution in [1.29, 1.82) is 0 Å². The van der Waals surface area contributed by atoms with Gasteiger partial charge in [-0.05, 0) is 49.1 Å². The van der Waals surface area contributed by atoms with Crippen molar-refractivity contribution >= 4 is 11.6 Å².